The molecule has 176 valence electrons. The van der Waals surface area contributed by atoms with Crippen LogP contribution in [0, 0.1) is 11.8 Å². The Morgan fingerprint density at radius 2 is 1.31 bits per heavy atom. The molecule has 0 unspecified atom stereocenters. The molecule has 0 saturated carbocycles. The van der Waals surface area contributed by atoms with Crippen LogP contribution in [0.5, 0.6) is 0 Å². The topological polar surface area (TPSA) is 80.8 Å². The maximum absolute atomic E-state index is 13.7. The molecule has 2 amide bonds. The van der Waals surface area contributed by atoms with Crippen molar-refractivity contribution < 1.29 is 23.9 Å². The summed E-state index contributed by atoms with van der Waals surface area (Å²) < 4.78 is 5.09. The minimum absolute atomic E-state index is 0.357. The summed E-state index contributed by atoms with van der Waals surface area (Å²) in [5.74, 6) is -4.34. The van der Waals surface area contributed by atoms with Crippen LogP contribution in [0.3, 0.4) is 0 Å². The third-order valence-corrected chi connectivity index (χ3v) is 9.32. The van der Waals surface area contributed by atoms with Gasteiger partial charge in [0.05, 0.1) is 16.7 Å². The first kappa shape index (κ1) is 22.5. The maximum Gasteiger partial charge on any atom is 0.326 e. The first-order valence-corrected chi connectivity index (χ1v) is 12.6. The number of ether oxygens (including phenoxy) is 1. The summed E-state index contributed by atoms with van der Waals surface area (Å²) in [4.78, 5) is 50.7. The third-order valence-electron chi connectivity index (χ3n) is 7.12. The van der Waals surface area contributed by atoms with Crippen molar-refractivity contribution in [1.82, 2.24) is 4.90 Å². The molecule has 35 heavy (non-hydrogen) atoms. The predicted molar refractivity (Wildman–Crippen MR) is 129 cm³/mol. The van der Waals surface area contributed by atoms with Crippen molar-refractivity contribution in [3.63, 3.8) is 0 Å². The second kappa shape index (κ2) is 7.75. The number of amides is 2. The first-order valence-electron chi connectivity index (χ1n) is 10.9. The molecule has 2 aromatic carbocycles. The number of ketones is 1. The number of hydrogen-bond donors (Lipinski definition) is 0. The lowest BCUT2D eigenvalue weighted by Crippen LogP contribution is -2.57. The lowest BCUT2D eigenvalue weighted by Gasteiger charge is -2.54. The van der Waals surface area contributed by atoms with Crippen molar-refractivity contribution in [2.45, 2.75) is 9.75 Å². The molecule has 1 aromatic heterocycles. The molecular formula is C26H17Cl2NO5S. The summed E-state index contributed by atoms with van der Waals surface area (Å²) in [6.45, 7) is -1.09. The zero-order valence-electron chi connectivity index (χ0n) is 18.1. The number of benzene rings is 2. The number of esters is 1. The highest BCUT2D eigenvalue weighted by atomic mass is 35.5. The highest BCUT2D eigenvalue weighted by Gasteiger charge is 2.73. The Hall–Kier alpha value is -3.00. The maximum atomic E-state index is 13.7. The number of imide groups is 1. The van der Waals surface area contributed by atoms with Crippen LogP contribution in [0.4, 0.5) is 0 Å². The standard InChI is InChI=1S/C26H17Cl2NO5S/c27-25-14-6-1-2-7-15(14)26(28,17-9-4-3-8-16(17)25)22-21(25)23(32)29(24(22)33)12-20(31)34-13-18(30)19-10-5-11-35-19/h1-11,21-22H,12-13H2/t21-,22-,25?,26?/m0/s1. The van der Waals surface area contributed by atoms with Gasteiger partial charge in [-0.05, 0) is 33.7 Å². The molecule has 1 saturated heterocycles. The molecule has 6 nitrogen and oxygen atoms in total. The monoisotopic (exact) mass is 525 g/mol. The summed E-state index contributed by atoms with van der Waals surface area (Å²) in [5.41, 5.74) is 2.74. The highest BCUT2D eigenvalue weighted by molar-refractivity contribution is 7.12. The molecule has 0 radical (unpaired) electrons. The first-order chi connectivity index (χ1) is 16.8. The molecule has 4 aliphatic rings. The molecule has 0 N–H and O–H groups in total. The van der Waals surface area contributed by atoms with E-state index in [-0.39, 0.29) is 5.78 Å². The zero-order valence-corrected chi connectivity index (χ0v) is 20.4. The van der Waals surface area contributed by atoms with Crippen molar-refractivity contribution in [1.29, 1.82) is 0 Å². The quantitative estimate of drug-likeness (QED) is 0.217. The fourth-order valence-electron chi connectivity index (χ4n) is 5.71. The van der Waals surface area contributed by atoms with E-state index in [1.165, 1.54) is 11.3 Å². The lowest BCUT2D eigenvalue weighted by molar-refractivity contribution is -0.152. The van der Waals surface area contributed by atoms with Crippen LogP contribution in [0.25, 0.3) is 0 Å². The zero-order chi connectivity index (χ0) is 24.5. The van der Waals surface area contributed by atoms with Crippen molar-refractivity contribution in [2.24, 2.45) is 11.8 Å². The summed E-state index contributed by atoms with van der Waals surface area (Å²) in [5, 5.41) is 1.74. The predicted octanol–water partition coefficient (Wildman–Crippen LogP) is 4.07. The molecule has 1 fully saturated rings. The molecule has 3 aromatic rings. The highest BCUT2D eigenvalue weighted by Crippen LogP contribution is 2.69. The number of Topliss-reactive ketones (excluding diaryl/α,β-unsaturated/α-hetero) is 1. The number of alkyl halides is 2. The van der Waals surface area contributed by atoms with E-state index in [0.717, 1.165) is 4.90 Å². The van der Waals surface area contributed by atoms with Gasteiger partial charge in [-0.25, -0.2) is 0 Å². The SMILES string of the molecule is O=C(CN1C(=O)[C@@H]2[C@@H](C1=O)C1(Cl)c3ccccc3C2(Cl)c2ccccc21)OCC(=O)c1cccs1. The van der Waals surface area contributed by atoms with Gasteiger partial charge in [-0.1, -0.05) is 54.6 Å². The number of likely N-dealkylation sites (tertiary alicyclic amines) is 1. The molecule has 2 bridgehead atoms. The van der Waals surface area contributed by atoms with Gasteiger partial charge in [-0.3, -0.25) is 24.1 Å². The van der Waals surface area contributed by atoms with Crippen molar-refractivity contribution in [2.75, 3.05) is 13.2 Å². The van der Waals surface area contributed by atoms with Gasteiger partial charge in [0.2, 0.25) is 17.6 Å². The Morgan fingerprint density at radius 1 is 0.829 bits per heavy atom. The number of rotatable bonds is 5. The Labute approximate surface area is 214 Å². The van der Waals surface area contributed by atoms with Crippen molar-refractivity contribution in [3.05, 3.63) is 93.2 Å². The van der Waals surface area contributed by atoms with Crippen molar-refractivity contribution >= 4 is 58.1 Å². The Morgan fingerprint density at radius 3 is 1.74 bits per heavy atom. The largest absolute Gasteiger partial charge is 0.456 e. The van der Waals surface area contributed by atoms with Gasteiger partial charge >= 0.3 is 5.97 Å². The lowest BCUT2D eigenvalue weighted by atomic mass is 9.54. The molecule has 9 heteroatoms. The van der Waals surface area contributed by atoms with Crippen LogP contribution >= 0.6 is 34.5 Å². The van der Waals surface area contributed by atoms with E-state index in [4.69, 9.17) is 27.9 Å². The average Bonchev–Trinajstić information content (AvgIpc) is 3.49. The van der Waals surface area contributed by atoms with E-state index >= 15 is 0 Å². The molecule has 2 heterocycles. The van der Waals surface area contributed by atoms with Gasteiger partial charge in [-0.15, -0.1) is 34.5 Å². The van der Waals surface area contributed by atoms with Crippen LogP contribution in [0.15, 0.2) is 66.0 Å². The average molecular weight is 526 g/mol. The van der Waals surface area contributed by atoms with Crippen LogP contribution in [-0.2, 0) is 28.9 Å². The van der Waals surface area contributed by atoms with Gasteiger partial charge in [0.1, 0.15) is 16.3 Å². The number of hydrogen-bond acceptors (Lipinski definition) is 6. The summed E-state index contributed by atoms with van der Waals surface area (Å²) >= 11 is 15.9. The number of thiophene rings is 1. The van der Waals surface area contributed by atoms with E-state index in [2.05, 4.69) is 0 Å². The second-order valence-corrected chi connectivity index (χ2v) is 10.9. The molecule has 3 aliphatic carbocycles. The number of nitrogens with zero attached hydrogens (tertiary/aromatic N) is 1. The summed E-state index contributed by atoms with van der Waals surface area (Å²) in [7, 11) is 0. The fourth-order valence-corrected chi connectivity index (χ4v) is 7.46. The minimum Gasteiger partial charge on any atom is -0.456 e. The van der Waals surface area contributed by atoms with Crippen molar-refractivity contribution in [3.8, 4) is 0 Å². The Kier molecular flexibility index (Phi) is 4.97. The van der Waals surface area contributed by atoms with Crippen LogP contribution in [0.1, 0.15) is 31.9 Å². The van der Waals surface area contributed by atoms with E-state index in [9.17, 15) is 19.2 Å². The third kappa shape index (κ3) is 2.89. The minimum atomic E-state index is -1.31. The van der Waals surface area contributed by atoms with Gasteiger partial charge in [0, 0.05) is 0 Å². The van der Waals surface area contributed by atoms with Gasteiger partial charge in [-0.2, -0.15) is 0 Å². The Bertz CT molecular complexity index is 1300. The van der Waals surface area contributed by atoms with Crippen LogP contribution < -0.4 is 0 Å². The smallest absolute Gasteiger partial charge is 0.326 e. The molecule has 7 rings (SSSR count). The van der Waals surface area contributed by atoms with Gasteiger partial charge < -0.3 is 4.74 Å². The summed E-state index contributed by atoms with van der Waals surface area (Å²) in [6, 6.07) is 18.0. The van der Waals surface area contributed by atoms with Gasteiger partial charge in [0.25, 0.3) is 0 Å². The Balaban J connectivity index is 1.34. The van der Waals surface area contributed by atoms with E-state index in [0.29, 0.717) is 27.1 Å². The van der Waals surface area contributed by atoms with Crippen LogP contribution in [0.2, 0.25) is 0 Å². The molecule has 0 spiro atoms. The van der Waals surface area contributed by atoms with Crippen LogP contribution in [-0.4, -0.2) is 41.6 Å². The number of carbonyl (C=O) groups excluding carboxylic acids is 4. The fraction of sp³-hybridized carbons (Fsp3) is 0.231. The number of halogens is 2. The van der Waals surface area contributed by atoms with E-state index < -0.39 is 52.5 Å². The molecule has 1 aliphatic heterocycles. The molecule has 2 atom stereocenters. The van der Waals surface area contributed by atoms with Gasteiger partial charge in [0.15, 0.2) is 6.61 Å². The summed E-state index contributed by atoms with van der Waals surface area (Å²) in [6.07, 6.45) is 0. The van der Waals surface area contributed by atoms with E-state index in [1.807, 2.05) is 48.5 Å². The second-order valence-electron chi connectivity index (χ2n) is 8.79. The molecular weight excluding hydrogens is 509 g/mol. The van der Waals surface area contributed by atoms with E-state index in [1.54, 1.807) is 17.5 Å². The normalized spacial score (nSPS) is 27.9. The number of carbonyl (C=O) groups is 4.